The first-order valence-corrected chi connectivity index (χ1v) is 3.93. The molecule has 2 N–H and O–H groups in total. The van der Waals surface area contributed by atoms with Gasteiger partial charge < -0.3 is 10.4 Å². The molecule has 2 rings (SSSR count). The van der Waals surface area contributed by atoms with Crippen molar-refractivity contribution in [2.45, 2.75) is 6.42 Å². The van der Waals surface area contributed by atoms with E-state index >= 15 is 0 Å². The van der Waals surface area contributed by atoms with E-state index in [1.165, 1.54) is 6.07 Å². The Morgan fingerprint density at radius 3 is 2.86 bits per heavy atom. The number of rotatable bonds is 1. The van der Waals surface area contributed by atoms with Gasteiger partial charge in [-0.05, 0) is 17.7 Å². The number of amides is 1. The minimum absolute atomic E-state index is 0.0351. The first-order valence-electron chi connectivity index (χ1n) is 3.93. The van der Waals surface area contributed by atoms with Crippen molar-refractivity contribution in [2.75, 3.05) is 5.32 Å². The van der Waals surface area contributed by atoms with Crippen LogP contribution in [0.1, 0.15) is 15.9 Å². The number of fused-ring (bicyclic) bond motifs is 1. The molecule has 0 saturated heterocycles. The van der Waals surface area contributed by atoms with Gasteiger partial charge in [-0.25, -0.2) is 9.18 Å². The van der Waals surface area contributed by atoms with Crippen LogP contribution >= 0.6 is 0 Å². The third-order valence-corrected chi connectivity index (χ3v) is 2.03. The van der Waals surface area contributed by atoms with Gasteiger partial charge in [0.25, 0.3) is 0 Å². The van der Waals surface area contributed by atoms with Gasteiger partial charge >= 0.3 is 5.97 Å². The molecule has 1 heterocycles. The highest BCUT2D eigenvalue weighted by atomic mass is 19.1. The summed E-state index contributed by atoms with van der Waals surface area (Å²) in [5.74, 6) is -2.20. The highest BCUT2D eigenvalue weighted by Crippen LogP contribution is 2.28. The van der Waals surface area contributed by atoms with E-state index in [9.17, 15) is 14.0 Å². The Labute approximate surface area is 78.4 Å². The van der Waals surface area contributed by atoms with E-state index in [1.54, 1.807) is 0 Å². The van der Waals surface area contributed by atoms with Gasteiger partial charge in [0, 0.05) is 0 Å². The molecule has 1 aromatic carbocycles. The maximum Gasteiger partial charge on any atom is 0.337 e. The smallest absolute Gasteiger partial charge is 0.337 e. The fourth-order valence-electron chi connectivity index (χ4n) is 1.48. The van der Waals surface area contributed by atoms with Gasteiger partial charge in [-0.1, -0.05) is 0 Å². The highest BCUT2D eigenvalue weighted by Gasteiger charge is 2.24. The van der Waals surface area contributed by atoms with Gasteiger partial charge in [0.05, 0.1) is 17.7 Å². The number of aromatic carboxylic acids is 1. The third-order valence-electron chi connectivity index (χ3n) is 2.03. The maximum atomic E-state index is 12.9. The van der Waals surface area contributed by atoms with Crippen LogP contribution in [0.4, 0.5) is 10.1 Å². The van der Waals surface area contributed by atoms with Crippen LogP contribution in [-0.4, -0.2) is 17.0 Å². The number of carboxylic acid groups (broad SMARTS) is 1. The lowest BCUT2D eigenvalue weighted by Gasteiger charge is -2.03. The average Bonchev–Trinajstić information content (AvgIpc) is 2.42. The molecule has 72 valence electrons. The van der Waals surface area contributed by atoms with Gasteiger partial charge in [0.2, 0.25) is 5.91 Å². The maximum absolute atomic E-state index is 12.9. The average molecular weight is 195 g/mol. The van der Waals surface area contributed by atoms with Gasteiger partial charge in [0.15, 0.2) is 0 Å². The molecule has 1 amide bonds. The molecular formula is C9H6FNO3. The molecule has 4 nitrogen and oxygen atoms in total. The van der Waals surface area contributed by atoms with Gasteiger partial charge in [-0.3, -0.25) is 4.79 Å². The van der Waals surface area contributed by atoms with Gasteiger partial charge in [-0.15, -0.1) is 0 Å². The molecule has 1 aromatic rings. The highest BCUT2D eigenvalue weighted by molar-refractivity contribution is 6.06. The van der Waals surface area contributed by atoms with Crippen LogP contribution in [0.3, 0.4) is 0 Å². The largest absolute Gasteiger partial charge is 0.478 e. The molecule has 0 atom stereocenters. The van der Waals surface area contributed by atoms with E-state index in [4.69, 9.17) is 5.11 Å². The predicted octanol–water partition coefficient (Wildman–Crippen LogP) is 1.02. The van der Waals surface area contributed by atoms with Crippen LogP contribution in [0.25, 0.3) is 0 Å². The molecule has 14 heavy (non-hydrogen) atoms. The Morgan fingerprint density at radius 2 is 2.21 bits per heavy atom. The Bertz CT molecular complexity index is 442. The number of hydrogen-bond donors (Lipinski definition) is 2. The summed E-state index contributed by atoms with van der Waals surface area (Å²) in [5.41, 5.74) is 0.405. The van der Waals surface area contributed by atoms with Crippen molar-refractivity contribution in [2.24, 2.45) is 0 Å². The van der Waals surface area contributed by atoms with Crippen molar-refractivity contribution in [3.05, 3.63) is 29.1 Å². The summed E-state index contributed by atoms with van der Waals surface area (Å²) in [7, 11) is 0. The van der Waals surface area contributed by atoms with Crippen molar-refractivity contribution in [1.82, 2.24) is 0 Å². The molecule has 0 aliphatic carbocycles. The zero-order valence-corrected chi connectivity index (χ0v) is 7.00. The number of carboxylic acids is 1. The second kappa shape index (κ2) is 2.80. The molecular weight excluding hydrogens is 189 g/mol. The first kappa shape index (κ1) is 8.68. The molecule has 0 aromatic heterocycles. The van der Waals surface area contributed by atoms with Crippen LogP contribution in [0, 0.1) is 5.82 Å². The van der Waals surface area contributed by atoms with E-state index in [-0.39, 0.29) is 23.6 Å². The Kier molecular flexibility index (Phi) is 1.73. The second-order valence-corrected chi connectivity index (χ2v) is 3.02. The number of hydrogen-bond acceptors (Lipinski definition) is 2. The van der Waals surface area contributed by atoms with Crippen LogP contribution in [0.5, 0.6) is 0 Å². The number of carbonyl (C=O) groups is 2. The van der Waals surface area contributed by atoms with Crippen LogP contribution in [0.2, 0.25) is 0 Å². The van der Waals surface area contributed by atoms with E-state index in [1.807, 2.05) is 0 Å². The molecule has 0 bridgehead atoms. The summed E-state index contributed by atoms with van der Waals surface area (Å²) >= 11 is 0. The van der Waals surface area contributed by atoms with Crippen molar-refractivity contribution >= 4 is 17.6 Å². The number of carbonyl (C=O) groups excluding carboxylic acids is 1. The van der Waals surface area contributed by atoms with E-state index < -0.39 is 11.8 Å². The zero-order valence-electron chi connectivity index (χ0n) is 7.00. The lowest BCUT2D eigenvalue weighted by molar-refractivity contribution is -0.115. The SMILES string of the molecule is O=C1Cc2cc(F)cc(C(=O)O)c2N1. The lowest BCUT2D eigenvalue weighted by atomic mass is 10.1. The molecule has 5 heteroatoms. The quantitative estimate of drug-likeness (QED) is 0.703. The summed E-state index contributed by atoms with van der Waals surface area (Å²) in [6, 6.07) is 2.06. The number of halogens is 1. The number of anilines is 1. The third kappa shape index (κ3) is 1.22. The first-order chi connectivity index (χ1) is 6.58. The van der Waals surface area contributed by atoms with Crippen molar-refractivity contribution in [3.8, 4) is 0 Å². The number of nitrogens with one attached hydrogen (secondary N) is 1. The standard InChI is InChI=1S/C9H6FNO3/c10-5-1-4-2-7(12)11-8(4)6(3-5)9(13)14/h1,3H,2H2,(H,11,12)(H,13,14). The van der Waals surface area contributed by atoms with Crippen LogP contribution in [-0.2, 0) is 11.2 Å². The Balaban J connectivity index is 2.63. The van der Waals surface area contributed by atoms with E-state index in [0.29, 0.717) is 5.56 Å². The Hall–Kier alpha value is -1.91. The second-order valence-electron chi connectivity index (χ2n) is 3.02. The van der Waals surface area contributed by atoms with Gasteiger partial charge in [-0.2, -0.15) is 0 Å². The molecule has 0 fully saturated rings. The lowest BCUT2D eigenvalue weighted by Crippen LogP contribution is -2.07. The Morgan fingerprint density at radius 1 is 1.50 bits per heavy atom. The molecule has 0 radical (unpaired) electrons. The minimum Gasteiger partial charge on any atom is -0.478 e. The zero-order chi connectivity index (χ0) is 10.3. The van der Waals surface area contributed by atoms with Crippen molar-refractivity contribution in [1.29, 1.82) is 0 Å². The molecule has 0 unspecified atom stereocenters. The number of benzene rings is 1. The fourth-order valence-corrected chi connectivity index (χ4v) is 1.48. The minimum atomic E-state index is -1.25. The summed E-state index contributed by atoms with van der Waals surface area (Å²) < 4.78 is 12.9. The molecule has 0 spiro atoms. The van der Waals surface area contributed by atoms with Crippen molar-refractivity contribution in [3.63, 3.8) is 0 Å². The normalized spacial score (nSPS) is 13.6. The molecule has 1 aliphatic rings. The van der Waals surface area contributed by atoms with Crippen LogP contribution < -0.4 is 5.32 Å². The summed E-state index contributed by atoms with van der Waals surface area (Å²) in [4.78, 5) is 21.7. The van der Waals surface area contributed by atoms with Gasteiger partial charge in [0.1, 0.15) is 5.82 Å². The van der Waals surface area contributed by atoms with Crippen LogP contribution in [0.15, 0.2) is 12.1 Å². The van der Waals surface area contributed by atoms with Crippen molar-refractivity contribution < 1.29 is 19.1 Å². The summed E-state index contributed by atoms with van der Waals surface area (Å²) in [6.45, 7) is 0. The van der Waals surface area contributed by atoms with E-state index in [2.05, 4.69) is 5.32 Å². The topological polar surface area (TPSA) is 66.4 Å². The predicted molar refractivity (Wildman–Crippen MR) is 45.7 cm³/mol. The monoisotopic (exact) mass is 195 g/mol. The van der Waals surface area contributed by atoms with E-state index in [0.717, 1.165) is 6.07 Å². The fraction of sp³-hybridized carbons (Fsp3) is 0.111. The summed E-state index contributed by atoms with van der Waals surface area (Å²) in [5, 5.41) is 11.1. The molecule has 0 saturated carbocycles. The molecule has 1 aliphatic heterocycles. The summed E-state index contributed by atoms with van der Waals surface area (Å²) in [6.07, 6.45) is 0.0351.